The van der Waals surface area contributed by atoms with Crippen LogP contribution in [0.5, 0.6) is 0 Å². The van der Waals surface area contributed by atoms with E-state index in [1.54, 1.807) is 37.3 Å². The molecular formula is C28H26Cl2N4O3S. The Balaban J connectivity index is 1.58. The van der Waals surface area contributed by atoms with Gasteiger partial charge in [-0.15, -0.1) is 0 Å². The number of hydrogen-bond donors (Lipinski definition) is 1. The molecule has 0 bridgehead atoms. The zero-order valence-corrected chi connectivity index (χ0v) is 23.3. The van der Waals surface area contributed by atoms with Crippen LogP contribution in [0.2, 0.25) is 10.0 Å². The maximum Gasteiger partial charge on any atom is 0.264 e. The van der Waals surface area contributed by atoms with Crippen LogP contribution in [0.3, 0.4) is 0 Å². The van der Waals surface area contributed by atoms with Gasteiger partial charge in [0.2, 0.25) is 0 Å². The highest BCUT2D eigenvalue weighted by Crippen LogP contribution is 2.29. The number of hydrogen-bond acceptors (Lipinski definition) is 4. The molecule has 0 aliphatic heterocycles. The van der Waals surface area contributed by atoms with E-state index in [0.29, 0.717) is 21.3 Å². The summed E-state index contributed by atoms with van der Waals surface area (Å²) in [5.41, 5.74) is 7.00. The molecule has 1 N–H and O–H groups in total. The van der Waals surface area contributed by atoms with Gasteiger partial charge >= 0.3 is 0 Å². The number of carbonyl (C=O) groups is 1. The van der Waals surface area contributed by atoms with Crippen LogP contribution < -0.4 is 9.73 Å². The molecule has 0 unspecified atom stereocenters. The van der Waals surface area contributed by atoms with Crippen molar-refractivity contribution >= 4 is 51.0 Å². The summed E-state index contributed by atoms with van der Waals surface area (Å²) < 4.78 is 30.1. The highest BCUT2D eigenvalue weighted by atomic mass is 35.5. The Hall–Kier alpha value is -3.59. The molecule has 0 aliphatic rings. The summed E-state index contributed by atoms with van der Waals surface area (Å²) in [6.45, 7) is 5.17. The Morgan fingerprint density at radius 2 is 1.66 bits per heavy atom. The maximum absolute atomic E-state index is 13.5. The van der Waals surface area contributed by atoms with Crippen LogP contribution in [0, 0.1) is 20.8 Å². The summed E-state index contributed by atoms with van der Waals surface area (Å²) in [6, 6.07) is 22.3. The highest BCUT2D eigenvalue weighted by Gasteiger charge is 2.28. The van der Waals surface area contributed by atoms with E-state index in [2.05, 4.69) is 10.5 Å². The molecule has 10 heteroatoms. The lowest BCUT2D eigenvalue weighted by Crippen LogP contribution is -2.40. The van der Waals surface area contributed by atoms with Crippen molar-refractivity contribution in [1.82, 2.24) is 9.99 Å². The minimum atomic E-state index is -4.06. The molecule has 0 radical (unpaired) electrons. The molecule has 0 atom stereocenters. The number of benzene rings is 3. The minimum Gasteiger partial charge on any atom is -0.318 e. The van der Waals surface area contributed by atoms with Crippen LogP contribution in [0.15, 0.2) is 88.9 Å². The molecule has 196 valence electrons. The molecule has 0 fully saturated rings. The lowest BCUT2D eigenvalue weighted by atomic mass is 10.2. The fraction of sp³-hybridized carbons (Fsp3) is 0.143. The molecule has 1 amide bonds. The number of anilines is 1. The Morgan fingerprint density at radius 1 is 0.947 bits per heavy atom. The lowest BCUT2D eigenvalue weighted by molar-refractivity contribution is -0.119. The van der Waals surface area contributed by atoms with Crippen molar-refractivity contribution in [2.24, 2.45) is 5.10 Å². The second-order valence-electron chi connectivity index (χ2n) is 8.69. The number of aryl methyl sites for hydroxylation is 2. The number of carbonyl (C=O) groups excluding carboxylic acids is 1. The zero-order chi connectivity index (χ0) is 27.4. The van der Waals surface area contributed by atoms with Crippen LogP contribution in [-0.2, 0) is 14.8 Å². The third-order valence-electron chi connectivity index (χ3n) is 5.99. The summed E-state index contributed by atoms with van der Waals surface area (Å²) in [6.07, 6.45) is 1.53. The number of hydrazone groups is 1. The van der Waals surface area contributed by atoms with Gasteiger partial charge in [0.25, 0.3) is 15.9 Å². The average molecular weight is 570 g/mol. The van der Waals surface area contributed by atoms with Crippen LogP contribution in [0.25, 0.3) is 5.69 Å². The first-order chi connectivity index (χ1) is 18.1. The van der Waals surface area contributed by atoms with Crippen LogP contribution >= 0.6 is 23.2 Å². The second kappa shape index (κ2) is 11.4. The van der Waals surface area contributed by atoms with Crippen molar-refractivity contribution in [1.29, 1.82) is 0 Å². The van der Waals surface area contributed by atoms with Crippen molar-refractivity contribution in [3.05, 3.63) is 111 Å². The van der Waals surface area contributed by atoms with Gasteiger partial charge in [0.15, 0.2) is 0 Å². The van der Waals surface area contributed by atoms with E-state index >= 15 is 0 Å². The number of halogens is 2. The zero-order valence-electron chi connectivity index (χ0n) is 21.0. The molecule has 1 aromatic heterocycles. The van der Waals surface area contributed by atoms with Gasteiger partial charge in [-0.3, -0.25) is 9.10 Å². The molecule has 3 aromatic carbocycles. The van der Waals surface area contributed by atoms with Gasteiger partial charge in [0, 0.05) is 32.7 Å². The quantitative estimate of drug-likeness (QED) is 0.207. The summed E-state index contributed by atoms with van der Waals surface area (Å²) in [5.74, 6) is -0.608. The van der Waals surface area contributed by atoms with E-state index in [-0.39, 0.29) is 4.90 Å². The number of aromatic nitrogens is 1. The van der Waals surface area contributed by atoms with Crippen LogP contribution in [0.1, 0.15) is 22.5 Å². The molecule has 38 heavy (non-hydrogen) atoms. The first kappa shape index (κ1) is 27.4. The van der Waals surface area contributed by atoms with Crippen LogP contribution in [0.4, 0.5) is 5.69 Å². The number of amides is 1. The smallest absolute Gasteiger partial charge is 0.264 e. The van der Waals surface area contributed by atoms with Crippen LogP contribution in [-0.4, -0.2) is 31.7 Å². The van der Waals surface area contributed by atoms with E-state index in [0.717, 1.165) is 26.9 Å². The molecule has 0 aliphatic carbocycles. The Morgan fingerprint density at radius 3 is 2.37 bits per heavy atom. The SMILES string of the molecule is Cc1ccc(Cl)cc1N(CC(=O)N/N=C\c1cc(C)n(-c2cccc(Cl)c2)c1C)S(=O)(=O)c1ccccc1. The standard InChI is InChI=1S/C28H26Cl2N4O3S/c1-19-12-13-24(30)16-27(19)33(38(36,37)26-10-5-4-6-11-26)18-28(35)32-31-17-22-14-20(2)34(21(22)3)25-9-7-8-23(29)15-25/h4-17H,18H2,1-3H3,(H,32,35)/b31-17-. The first-order valence-corrected chi connectivity index (χ1v) is 13.9. The Bertz CT molecular complexity index is 1620. The summed E-state index contributed by atoms with van der Waals surface area (Å²) >= 11 is 12.3. The van der Waals surface area contributed by atoms with E-state index in [1.807, 2.05) is 48.7 Å². The van der Waals surface area contributed by atoms with Gasteiger partial charge in [-0.2, -0.15) is 5.10 Å². The third kappa shape index (κ3) is 5.93. The topological polar surface area (TPSA) is 83.8 Å². The number of sulfonamides is 1. The largest absolute Gasteiger partial charge is 0.318 e. The van der Waals surface area contributed by atoms with Gasteiger partial charge < -0.3 is 4.57 Å². The van der Waals surface area contributed by atoms with Crippen molar-refractivity contribution in [3.8, 4) is 5.69 Å². The predicted molar refractivity (Wildman–Crippen MR) is 153 cm³/mol. The predicted octanol–water partition coefficient (Wildman–Crippen LogP) is 6.05. The van der Waals surface area contributed by atoms with Crippen molar-refractivity contribution in [3.63, 3.8) is 0 Å². The van der Waals surface area contributed by atoms with Gasteiger partial charge in [0.05, 0.1) is 16.8 Å². The molecular weight excluding hydrogens is 543 g/mol. The second-order valence-corrected chi connectivity index (χ2v) is 11.4. The van der Waals surface area contributed by atoms with E-state index in [4.69, 9.17) is 23.2 Å². The summed E-state index contributed by atoms with van der Waals surface area (Å²) in [5, 5.41) is 5.08. The first-order valence-electron chi connectivity index (χ1n) is 11.7. The van der Waals surface area contributed by atoms with E-state index in [1.165, 1.54) is 24.4 Å². The molecule has 0 spiro atoms. The summed E-state index contributed by atoms with van der Waals surface area (Å²) in [7, 11) is -4.06. The van der Waals surface area contributed by atoms with E-state index in [9.17, 15) is 13.2 Å². The van der Waals surface area contributed by atoms with Crippen molar-refractivity contribution in [2.75, 3.05) is 10.8 Å². The van der Waals surface area contributed by atoms with Gasteiger partial charge in [-0.05, 0) is 74.9 Å². The van der Waals surface area contributed by atoms with Gasteiger partial charge in [-0.25, -0.2) is 13.8 Å². The third-order valence-corrected chi connectivity index (χ3v) is 8.23. The van der Waals surface area contributed by atoms with E-state index < -0.39 is 22.5 Å². The van der Waals surface area contributed by atoms with Crippen molar-refractivity contribution in [2.45, 2.75) is 25.7 Å². The monoisotopic (exact) mass is 568 g/mol. The normalized spacial score (nSPS) is 11.6. The molecule has 4 rings (SSSR count). The molecule has 0 saturated heterocycles. The maximum atomic E-state index is 13.5. The lowest BCUT2D eigenvalue weighted by Gasteiger charge is -2.25. The fourth-order valence-electron chi connectivity index (χ4n) is 4.14. The fourth-order valence-corrected chi connectivity index (χ4v) is 5.99. The van der Waals surface area contributed by atoms with Gasteiger partial charge in [-0.1, -0.05) is 53.5 Å². The number of nitrogens with zero attached hydrogens (tertiary/aromatic N) is 3. The molecule has 4 aromatic rings. The Labute approximate surface area is 232 Å². The minimum absolute atomic E-state index is 0.0594. The Kier molecular flexibility index (Phi) is 8.26. The van der Waals surface area contributed by atoms with Crippen molar-refractivity contribution < 1.29 is 13.2 Å². The number of nitrogens with one attached hydrogen (secondary N) is 1. The number of rotatable bonds is 8. The highest BCUT2D eigenvalue weighted by molar-refractivity contribution is 7.92. The molecule has 1 heterocycles. The molecule has 7 nitrogen and oxygen atoms in total. The average Bonchev–Trinajstić information content (AvgIpc) is 3.17. The summed E-state index contributed by atoms with van der Waals surface area (Å²) in [4.78, 5) is 13.0. The molecule has 0 saturated carbocycles. The van der Waals surface area contributed by atoms with Gasteiger partial charge in [0.1, 0.15) is 6.54 Å².